The summed E-state index contributed by atoms with van der Waals surface area (Å²) >= 11 is 1.33. The molecule has 4 aromatic rings. The molecule has 0 spiro atoms. The maximum Gasteiger partial charge on any atom is 0.257 e. The first-order valence-corrected chi connectivity index (χ1v) is 9.23. The third-order valence-corrected chi connectivity index (χ3v) is 4.99. The number of carbonyl (C=O) groups is 1. The zero-order chi connectivity index (χ0) is 19.7. The number of nitrogens with zero attached hydrogens (tertiary/aromatic N) is 3. The molecule has 5 nitrogen and oxygen atoms in total. The fourth-order valence-corrected chi connectivity index (χ4v) is 3.62. The Morgan fingerprint density at radius 1 is 1.04 bits per heavy atom. The van der Waals surface area contributed by atoms with Crippen molar-refractivity contribution in [3.05, 3.63) is 76.6 Å². The molecule has 28 heavy (non-hydrogen) atoms. The Morgan fingerprint density at radius 3 is 2.50 bits per heavy atom. The van der Waals surface area contributed by atoms with E-state index in [1.54, 1.807) is 22.7 Å². The quantitative estimate of drug-likeness (QED) is 0.552. The number of amides is 1. The van der Waals surface area contributed by atoms with Crippen molar-refractivity contribution in [3.63, 3.8) is 0 Å². The summed E-state index contributed by atoms with van der Waals surface area (Å²) in [5.41, 5.74) is 0.428. The smallest absolute Gasteiger partial charge is 0.257 e. The second kappa shape index (κ2) is 7.43. The summed E-state index contributed by atoms with van der Waals surface area (Å²) in [7, 11) is 0. The second-order valence-electron chi connectivity index (χ2n) is 5.94. The van der Waals surface area contributed by atoms with Gasteiger partial charge >= 0.3 is 0 Å². The van der Waals surface area contributed by atoms with E-state index in [1.807, 2.05) is 5.38 Å². The summed E-state index contributed by atoms with van der Waals surface area (Å²) in [6, 6.07) is 9.47. The molecule has 0 aliphatic rings. The van der Waals surface area contributed by atoms with Crippen molar-refractivity contribution in [2.24, 2.45) is 0 Å². The van der Waals surface area contributed by atoms with Crippen molar-refractivity contribution >= 4 is 22.2 Å². The van der Waals surface area contributed by atoms with Gasteiger partial charge in [-0.05, 0) is 24.3 Å². The molecule has 9 heteroatoms. The van der Waals surface area contributed by atoms with Crippen LogP contribution in [0.4, 0.5) is 13.2 Å². The Labute approximate surface area is 161 Å². The Balaban J connectivity index is 1.48. The standard InChI is InChI=1S/C19H13F3N4OS/c20-13-5-2-1-4-12(13)17-24-19-26(25-17)11(10-28-19)8-9-23-18(27)16-14(21)6-3-7-15(16)22/h1-7,10H,8-9H2,(H,23,27). The first kappa shape index (κ1) is 18.2. The molecule has 0 bridgehead atoms. The fraction of sp³-hybridized carbons (Fsp3) is 0.105. The van der Waals surface area contributed by atoms with E-state index in [-0.39, 0.29) is 12.4 Å². The number of hydrogen-bond donors (Lipinski definition) is 1. The first-order valence-electron chi connectivity index (χ1n) is 8.35. The monoisotopic (exact) mass is 402 g/mol. The number of hydrogen-bond acceptors (Lipinski definition) is 4. The van der Waals surface area contributed by atoms with Crippen LogP contribution in [0.25, 0.3) is 16.3 Å². The Kier molecular flexibility index (Phi) is 4.82. The van der Waals surface area contributed by atoms with Crippen molar-refractivity contribution in [1.29, 1.82) is 0 Å². The lowest BCUT2D eigenvalue weighted by molar-refractivity contribution is 0.0945. The van der Waals surface area contributed by atoms with Crippen molar-refractivity contribution in [2.45, 2.75) is 6.42 Å². The molecule has 0 aliphatic heterocycles. The van der Waals surface area contributed by atoms with Crippen LogP contribution in [0.1, 0.15) is 16.1 Å². The molecule has 0 aliphatic carbocycles. The number of rotatable bonds is 5. The summed E-state index contributed by atoms with van der Waals surface area (Å²) < 4.78 is 42.8. The van der Waals surface area contributed by atoms with Crippen molar-refractivity contribution in [1.82, 2.24) is 19.9 Å². The van der Waals surface area contributed by atoms with E-state index in [0.29, 0.717) is 16.9 Å². The predicted molar refractivity (Wildman–Crippen MR) is 98.7 cm³/mol. The minimum absolute atomic E-state index is 0.146. The van der Waals surface area contributed by atoms with Gasteiger partial charge < -0.3 is 5.32 Å². The van der Waals surface area contributed by atoms with Crippen LogP contribution in [-0.2, 0) is 6.42 Å². The van der Waals surface area contributed by atoms with Crippen LogP contribution in [0.3, 0.4) is 0 Å². The topological polar surface area (TPSA) is 59.3 Å². The van der Waals surface area contributed by atoms with E-state index in [4.69, 9.17) is 0 Å². The highest BCUT2D eigenvalue weighted by molar-refractivity contribution is 7.15. The van der Waals surface area contributed by atoms with Gasteiger partial charge in [0, 0.05) is 18.3 Å². The summed E-state index contributed by atoms with van der Waals surface area (Å²) in [6.45, 7) is 0.146. The van der Waals surface area contributed by atoms with Gasteiger partial charge in [0.15, 0.2) is 5.82 Å². The zero-order valence-corrected chi connectivity index (χ0v) is 15.1. The summed E-state index contributed by atoms with van der Waals surface area (Å²) in [5, 5.41) is 8.64. The van der Waals surface area contributed by atoms with Gasteiger partial charge in [-0.25, -0.2) is 17.7 Å². The van der Waals surface area contributed by atoms with Gasteiger partial charge in [0.2, 0.25) is 4.96 Å². The molecule has 0 fully saturated rings. The average Bonchev–Trinajstić information content (AvgIpc) is 3.23. The minimum Gasteiger partial charge on any atom is -0.351 e. The molecule has 1 N–H and O–H groups in total. The van der Waals surface area contributed by atoms with Gasteiger partial charge in [-0.15, -0.1) is 16.4 Å². The molecular weight excluding hydrogens is 389 g/mol. The molecule has 1 amide bonds. The van der Waals surface area contributed by atoms with Crippen molar-refractivity contribution in [2.75, 3.05) is 6.54 Å². The highest BCUT2D eigenvalue weighted by Gasteiger charge is 2.17. The lowest BCUT2D eigenvalue weighted by Crippen LogP contribution is -2.27. The van der Waals surface area contributed by atoms with E-state index >= 15 is 0 Å². The number of thiazole rings is 1. The van der Waals surface area contributed by atoms with E-state index < -0.39 is 28.9 Å². The first-order chi connectivity index (χ1) is 13.5. The normalized spacial score (nSPS) is 11.1. The van der Waals surface area contributed by atoms with Crippen molar-refractivity contribution in [3.8, 4) is 11.4 Å². The molecule has 4 rings (SSSR count). The molecule has 0 saturated carbocycles. The Hall–Kier alpha value is -3.20. The molecular formula is C19H13F3N4OS. The number of benzene rings is 2. The van der Waals surface area contributed by atoms with Crippen LogP contribution in [0, 0.1) is 17.5 Å². The molecule has 142 valence electrons. The Morgan fingerprint density at radius 2 is 1.75 bits per heavy atom. The third-order valence-electron chi connectivity index (χ3n) is 4.12. The number of fused-ring (bicyclic) bond motifs is 1. The zero-order valence-electron chi connectivity index (χ0n) is 14.3. The number of nitrogens with one attached hydrogen (secondary N) is 1. The number of aromatic nitrogens is 3. The van der Waals surface area contributed by atoms with Crippen LogP contribution in [0.15, 0.2) is 47.8 Å². The lowest BCUT2D eigenvalue weighted by atomic mass is 10.2. The van der Waals surface area contributed by atoms with Gasteiger partial charge in [0.05, 0.1) is 11.3 Å². The van der Waals surface area contributed by atoms with Crippen LogP contribution < -0.4 is 5.32 Å². The van der Waals surface area contributed by atoms with Gasteiger partial charge in [0.25, 0.3) is 5.91 Å². The van der Waals surface area contributed by atoms with Crippen LogP contribution in [0.5, 0.6) is 0 Å². The van der Waals surface area contributed by atoms with Crippen molar-refractivity contribution < 1.29 is 18.0 Å². The van der Waals surface area contributed by atoms with E-state index in [2.05, 4.69) is 15.4 Å². The third kappa shape index (κ3) is 3.36. The maximum absolute atomic E-state index is 13.9. The van der Waals surface area contributed by atoms with Gasteiger partial charge in [0.1, 0.15) is 23.0 Å². The highest BCUT2D eigenvalue weighted by atomic mass is 32.1. The average molecular weight is 402 g/mol. The SMILES string of the molecule is O=C(NCCc1csc2nc(-c3ccccc3F)nn12)c1c(F)cccc1F. The van der Waals surface area contributed by atoms with Gasteiger partial charge in [-0.1, -0.05) is 18.2 Å². The largest absolute Gasteiger partial charge is 0.351 e. The minimum atomic E-state index is -0.916. The highest BCUT2D eigenvalue weighted by Crippen LogP contribution is 2.23. The van der Waals surface area contributed by atoms with Crippen LogP contribution in [0.2, 0.25) is 0 Å². The number of halogens is 3. The summed E-state index contributed by atoms with van der Waals surface area (Å²) in [5.74, 6) is -2.81. The Bertz CT molecular complexity index is 1150. The molecule has 0 atom stereocenters. The maximum atomic E-state index is 13.9. The van der Waals surface area contributed by atoms with E-state index in [0.717, 1.165) is 17.8 Å². The second-order valence-corrected chi connectivity index (χ2v) is 6.78. The molecule has 2 heterocycles. The van der Waals surface area contributed by atoms with Gasteiger partial charge in [-0.3, -0.25) is 4.79 Å². The molecule has 0 radical (unpaired) electrons. The predicted octanol–water partition coefficient (Wildman–Crippen LogP) is 3.85. The van der Waals surface area contributed by atoms with Gasteiger partial charge in [-0.2, -0.15) is 4.98 Å². The van der Waals surface area contributed by atoms with Crippen LogP contribution in [-0.4, -0.2) is 27.0 Å². The molecule has 2 aromatic heterocycles. The van der Waals surface area contributed by atoms with E-state index in [9.17, 15) is 18.0 Å². The molecule has 2 aromatic carbocycles. The van der Waals surface area contributed by atoms with E-state index in [1.165, 1.54) is 23.5 Å². The summed E-state index contributed by atoms with van der Waals surface area (Å²) in [6.07, 6.45) is 0.363. The van der Waals surface area contributed by atoms with Crippen LogP contribution >= 0.6 is 11.3 Å². The molecule has 0 unspecified atom stereocenters. The fourth-order valence-electron chi connectivity index (χ4n) is 2.76. The molecule has 0 saturated heterocycles. The number of carbonyl (C=O) groups excluding carboxylic acids is 1. The summed E-state index contributed by atoms with van der Waals surface area (Å²) in [4.78, 5) is 16.9. The lowest BCUT2D eigenvalue weighted by Gasteiger charge is -2.06.